The number of aryl methyl sites for hydroxylation is 2. The molecule has 3 aromatic rings. The van der Waals surface area contributed by atoms with Crippen LogP contribution in [-0.2, 0) is 13.2 Å². The quantitative estimate of drug-likeness (QED) is 0.553. The smallest absolute Gasteiger partial charge is 0.251 e. The number of benzene rings is 2. The summed E-state index contributed by atoms with van der Waals surface area (Å²) >= 11 is 0. The predicted molar refractivity (Wildman–Crippen MR) is 126 cm³/mol. The number of nitrogens with zero attached hydrogens (tertiary/aromatic N) is 2. The summed E-state index contributed by atoms with van der Waals surface area (Å²) in [5, 5.41) is 7.12. The van der Waals surface area contributed by atoms with Crippen molar-refractivity contribution in [1.29, 1.82) is 0 Å². The Balaban J connectivity index is 1.24. The Hall–Kier alpha value is -3.32. The molecule has 1 aliphatic rings. The van der Waals surface area contributed by atoms with E-state index >= 15 is 0 Å². The molecule has 0 atom stereocenters. The molecule has 174 valence electrons. The van der Waals surface area contributed by atoms with Gasteiger partial charge in [0.15, 0.2) is 0 Å². The van der Waals surface area contributed by atoms with Crippen molar-refractivity contribution in [2.45, 2.75) is 45.9 Å². The number of carbonyl (C=O) groups excluding carboxylic acids is 1. The number of para-hydroxylation sites is 1. The maximum Gasteiger partial charge on any atom is 0.251 e. The fourth-order valence-electron chi connectivity index (χ4n) is 4.14. The molecule has 1 N–H and O–H groups in total. The standard InChI is InChI=1S/C26H31N3O4/c1-18-24(19(2)33-28-18)17-32-23-10-8-20(9-11-23)26(30)27-22-12-14-29(15-13-22)16-21-6-4-5-7-25(21)31-3/h4-11,22H,12-17H2,1-3H3,(H,27,30). The summed E-state index contributed by atoms with van der Waals surface area (Å²) in [6.07, 6.45) is 1.86. The van der Waals surface area contributed by atoms with Crippen LogP contribution >= 0.6 is 0 Å². The van der Waals surface area contributed by atoms with E-state index in [0.29, 0.717) is 17.9 Å². The molecule has 7 nitrogen and oxygen atoms in total. The van der Waals surface area contributed by atoms with E-state index in [1.807, 2.05) is 44.2 Å². The van der Waals surface area contributed by atoms with E-state index in [2.05, 4.69) is 21.4 Å². The van der Waals surface area contributed by atoms with E-state index < -0.39 is 0 Å². The molecule has 0 aliphatic carbocycles. The topological polar surface area (TPSA) is 76.8 Å². The molecular weight excluding hydrogens is 418 g/mol. The van der Waals surface area contributed by atoms with Crippen molar-refractivity contribution in [2.75, 3.05) is 20.2 Å². The van der Waals surface area contributed by atoms with Crippen LogP contribution in [0.25, 0.3) is 0 Å². The highest BCUT2D eigenvalue weighted by atomic mass is 16.5. The number of amides is 1. The van der Waals surface area contributed by atoms with E-state index in [4.69, 9.17) is 14.0 Å². The molecule has 1 aromatic heterocycles. The monoisotopic (exact) mass is 449 g/mol. The van der Waals surface area contributed by atoms with Gasteiger partial charge in [-0.2, -0.15) is 0 Å². The first-order valence-electron chi connectivity index (χ1n) is 11.3. The summed E-state index contributed by atoms with van der Waals surface area (Å²) in [5.74, 6) is 2.34. The molecule has 7 heteroatoms. The van der Waals surface area contributed by atoms with E-state index in [1.165, 1.54) is 5.56 Å². The highest BCUT2D eigenvalue weighted by Gasteiger charge is 2.22. The summed E-state index contributed by atoms with van der Waals surface area (Å²) in [7, 11) is 1.71. The molecular formula is C26H31N3O4. The largest absolute Gasteiger partial charge is 0.496 e. The summed E-state index contributed by atoms with van der Waals surface area (Å²) in [6, 6.07) is 15.6. The average Bonchev–Trinajstić information content (AvgIpc) is 3.16. The van der Waals surface area contributed by atoms with Crippen molar-refractivity contribution >= 4 is 5.91 Å². The predicted octanol–water partition coefficient (Wildman–Crippen LogP) is 4.27. The second-order valence-corrected chi connectivity index (χ2v) is 8.45. The molecule has 0 unspecified atom stereocenters. The molecule has 0 bridgehead atoms. The Bertz CT molecular complexity index is 1050. The van der Waals surface area contributed by atoms with Crippen molar-refractivity contribution in [1.82, 2.24) is 15.4 Å². The summed E-state index contributed by atoms with van der Waals surface area (Å²) in [6.45, 7) is 6.90. The van der Waals surface area contributed by atoms with Crippen molar-refractivity contribution < 1.29 is 18.8 Å². The normalized spacial score (nSPS) is 14.8. The number of carbonyl (C=O) groups is 1. The van der Waals surface area contributed by atoms with Gasteiger partial charge in [0.1, 0.15) is 23.9 Å². The van der Waals surface area contributed by atoms with Gasteiger partial charge in [-0.3, -0.25) is 9.69 Å². The van der Waals surface area contributed by atoms with Crippen LogP contribution in [0.1, 0.15) is 45.8 Å². The summed E-state index contributed by atoms with van der Waals surface area (Å²) in [5.41, 5.74) is 3.61. The van der Waals surface area contributed by atoms with Crippen LogP contribution in [0.4, 0.5) is 0 Å². The number of rotatable bonds is 8. The van der Waals surface area contributed by atoms with E-state index in [0.717, 1.165) is 55.2 Å². The van der Waals surface area contributed by atoms with E-state index in [9.17, 15) is 4.79 Å². The van der Waals surface area contributed by atoms with Crippen molar-refractivity contribution in [3.8, 4) is 11.5 Å². The van der Waals surface area contributed by atoms with Crippen LogP contribution in [-0.4, -0.2) is 42.2 Å². The lowest BCUT2D eigenvalue weighted by Gasteiger charge is -2.32. The number of hydrogen-bond donors (Lipinski definition) is 1. The number of likely N-dealkylation sites (tertiary alicyclic amines) is 1. The molecule has 0 radical (unpaired) electrons. The molecule has 4 rings (SSSR count). The third-order valence-corrected chi connectivity index (χ3v) is 6.19. The van der Waals surface area contributed by atoms with Gasteiger partial charge in [-0.1, -0.05) is 23.4 Å². The average molecular weight is 450 g/mol. The molecule has 2 aromatic carbocycles. The summed E-state index contributed by atoms with van der Waals surface area (Å²) in [4.78, 5) is 15.1. The Morgan fingerprint density at radius 1 is 1.12 bits per heavy atom. The maximum atomic E-state index is 12.7. The number of nitrogens with one attached hydrogen (secondary N) is 1. The van der Waals surface area contributed by atoms with Gasteiger partial charge in [-0.15, -0.1) is 0 Å². The molecule has 0 spiro atoms. The molecule has 0 saturated carbocycles. The molecule has 1 aliphatic heterocycles. The van der Waals surface area contributed by atoms with Gasteiger partial charge in [-0.05, 0) is 57.0 Å². The lowest BCUT2D eigenvalue weighted by Crippen LogP contribution is -2.44. The number of aromatic nitrogens is 1. The number of methoxy groups -OCH3 is 1. The fourth-order valence-corrected chi connectivity index (χ4v) is 4.14. The Labute approximate surface area is 194 Å². The van der Waals surface area contributed by atoms with E-state index in [-0.39, 0.29) is 11.9 Å². The van der Waals surface area contributed by atoms with Crippen molar-refractivity contribution in [3.63, 3.8) is 0 Å². The highest BCUT2D eigenvalue weighted by molar-refractivity contribution is 5.94. The van der Waals surface area contributed by atoms with Gasteiger partial charge in [0.2, 0.25) is 0 Å². The fraction of sp³-hybridized carbons (Fsp3) is 0.385. The number of hydrogen-bond acceptors (Lipinski definition) is 6. The number of piperidine rings is 1. The molecule has 33 heavy (non-hydrogen) atoms. The first kappa shape index (κ1) is 22.9. The molecule has 1 saturated heterocycles. The molecule has 2 heterocycles. The van der Waals surface area contributed by atoms with Gasteiger partial charge < -0.3 is 19.3 Å². The van der Waals surface area contributed by atoms with Crippen LogP contribution < -0.4 is 14.8 Å². The van der Waals surface area contributed by atoms with Gasteiger partial charge in [-0.25, -0.2) is 0 Å². The first-order chi connectivity index (χ1) is 16.0. The van der Waals surface area contributed by atoms with E-state index in [1.54, 1.807) is 19.2 Å². The van der Waals surface area contributed by atoms with Crippen LogP contribution in [0.3, 0.4) is 0 Å². The van der Waals surface area contributed by atoms with Crippen LogP contribution in [0.15, 0.2) is 53.1 Å². The van der Waals surface area contributed by atoms with Crippen LogP contribution in [0.5, 0.6) is 11.5 Å². The highest BCUT2D eigenvalue weighted by Crippen LogP contribution is 2.22. The lowest BCUT2D eigenvalue weighted by molar-refractivity contribution is 0.0908. The maximum absolute atomic E-state index is 12.7. The minimum absolute atomic E-state index is 0.0459. The zero-order chi connectivity index (χ0) is 23.2. The molecule has 1 fully saturated rings. The van der Waals surface area contributed by atoms with Crippen LogP contribution in [0.2, 0.25) is 0 Å². The van der Waals surface area contributed by atoms with Crippen LogP contribution in [0, 0.1) is 13.8 Å². The van der Waals surface area contributed by atoms with Crippen molar-refractivity contribution in [3.05, 3.63) is 76.7 Å². The summed E-state index contributed by atoms with van der Waals surface area (Å²) < 4.78 is 16.5. The zero-order valence-electron chi connectivity index (χ0n) is 19.5. The third kappa shape index (κ3) is 5.73. The molecule has 1 amide bonds. The SMILES string of the molecule is COc1ccccc1CN1CCC(NC(=O)c2ccc(OCc3c(C)noc3C)cc2)CC1. The Morgan fingerprint density at radius 3 is 2.52 bits per heavy atom. The third-order valence-electron chi connectivity index (χ3n) is 6.19. The Morgan fingerprint density at radius 2 is 1.85 bits per heavy atom. The second kappa shape index (κ2) is 10.5. The minimum Gasteiger partial charge on any atom is -0.496 e. The zero-order valence-corrected chi connectivity index (χ0v) is 19.5. The van der Waals surface area contributed by atoms with Gasteiger partial charge in [0.05, 0.1) is 18.4 Å². The number of ether oxygens (including phenoxy) is 2. The van der Waals surface area contributed by atoms with Gasteiger partial charge in [0, 0.05) is 36.8 Å². The lowest BCUT2D eigenvalue weighted by atomic mass is 10.0. The van der Waals surface area contributed by atoms with Gasteiger partial charge >= 0.3 is 0 Å². The first-order valence-corrected chi connectivity index (χ1v) is 11.3. The Kier molecular flexibility index (Phi) is 7.29. The van der Waals surface area contributed by atoms with Crippen molar-refractivity contribution in [2.24, 2.45) is 0 Å². The van der Waals surface area contributed by atoms with Gasteiger partial charge in [0.25, 0.3) is 5.91 Å². The second-order valence-electron chi connectivity index (χ2n) is 8.45. The minimum atomic E-state index is -0.0459.